The van der Waals surface area contributed by atoms with Crippen LogP contribution in [-0.2, 0) is 0 Å². The van der Waals surface area contributed by atoms with Gasteiger partial charge in [-0.3, -0.25) is 4.79 Å². The van der Waals surface area contributed by atoms with Crippen molar-refractivity contribution in [1.82, 2.24) is 0 Å². The molecule has 0 bridgehead atoms. The monoisotopic (exact) mass is 224 g/mol. The number of carbonyl (C=O) groups is 1. The molecule has 2 aromatic carbocycles. The van der Waals surface area contributed by atoms with E-state index in [0.717, 1.165) is 17.1 Å². The van der Waals surface area contributed by atoms with E-state index in [9.17, 15) is 4.79 Å². The van der Waals surface area contributed by atoms with E-state index in [1.807, 2.05) is 60.5 Å². The molecular weight excluding hydrogens is 212 g/mol. The number of anilines is 3. The Labute approximate surface area is 99.7 Å². The minimum atomic E-state index is -0.0580. The van der Waals surface area contributed by atoms with Gasteiger partial charge in [0.05, 0.1) is 22.6 Å². The van der Waals surface area contributed by atoms with Crippen LogP contribution in [0.15, 0.2) is 48.5 Å². The number of para-hydroxylation sites is 3. The van der Waals surface area contributed by atoms with E-state index >= 15 is 0 Å². The highest BCUT2D eigenvalue weighted by Crippen LogP contribution is 2.35. The Hall–Kier alpha value is -2.29. The molecule has 1 heterocycles. The molecule has 1 amide bonds. The maximum absolute atomic E-state index is 12.1. The molecule has 3 heteroatoms. The third-order valence-corrected chi connectivity index (χ3v) is 3.02. The topological polar surface area (TPSA) is 32.3 Å². The first-order chi connectivity index (χ1) is 8.27. The average molecular weight is 224 g/mol. The number of carbonyl (C=O) groups excluding carboxylic acids is 1. The third kappa shape index (κ3) is 1.47. The van der Waals surface area contributed by atoms with Gasteiger partial charge in [-0.2, -0.15) is 0 Å². The zero-order valence-electron chi connectivity index (χ0n) is 9.47. The predicted octanol–water partition coefficient (Wildman–Crippen LogP) is 3.02. The molecule has 0 saturated carbocycles. The molecule has 0 aliphatic carbocycles. The fourth-order valence-electron chi connectivity index (χ4n) is 2.15. The lowest BCUT2D eigenvalue weighted by Crippen LogP contribution is -2.11. The highest BCUT2D eigenvalue weighted by Gasteiger charge is 2.21. The van der Waals surface area contributed by atoms with Crippen molar-refractivity contribution in [2.75, 3.05) is 17.3 Å². The molecule has 1 aliphatic heterocycles. The minimum Gasteiger partial charge on any atom is -0.342 e. The van der Waals surface area contributed by atoms with Crippen molar-refractivity contribution >= 4 is 23.0 Å². The molecule has 0 aromatic heterocycles. The van der Waals surface area contributed by atoms with E-state index in [0.29, 0.717) is 5.56 Å². The Morgan fingerprint density at radius 2 is 1.59 bits per heavy atom. The standard InChI is InChI=1S/C14H12N2O/c1-16-12-8-4-2-6-10(12)14(17)15-11-7-3-5-9-13(11)16/h2-9H,1H3,(H,15,17). The van der Waals surface area contributed by atoms with Gasteiger partial charge < -0.3 is 10.2 Å². The van der Waals surface area contributed by atoms with E-state index in [4.69, 9.17) is 0 Å². The number of rotatable bonds is 0. The van der Waals surface area contributed by atoms with E-state index in [-0.39, 0.29) is 5.91 Å². The van der Waals surface area contributed by atoms with Crippen molar-refractivity contribution in [2.45, 2.75) is 0 Å². The van der Waals surface area contributed by atoms with Crippen molar-refractivity contribution in [1.29, 1.82) is 0 Å². The number of hydrogen-bond acceptors (Lipinski definition) is 2. The van der Waals surface area contributed by atoms with Crippen molar-refractivity contribution in [3.63, 3.8) is 0 Å². The molecule has 0 saturated heterocycles. The Morgan fingerprint density at radius 1 is 0.941 bits per heavy atom. The molecule has 17 heavy (non-hydrogen) atoms. The second-order valence-corrected chi connectivity index (χ2v) is 4.05. The molecular formula is C14H12N2O. The van der Waals surface area contributed by atoms with Gasteiger partial charge in [0.15, 0.2) is 0 Å². The fourth-order valence-corrected chi connectivity index (χ4v) is 2.15. The van der Waals surface area contributed by atoms with Gasteiger partial charge in [-0.05, 0) is 24.3 Å². The molecule has 3 rings (SSSR count). The number of nitrogens with zero attached hydrogens (tertiary/aromatic N) is 1. The third-order valence-electron chi connectivity index (χ3n) is 3.02. The molecule has 2 aromatic rings. The molecule has 1 N–H and O–H groups in total. The molecule has 0 radical (unpaired) electrons. The summed E-state index contributed by atoms with van der Waals surface area (Å²) in [5.74, 6) is -0.0580. The first kappa shape index (κ1) is 9.90. The van der Waals surface area contributed by atoms with Crippen LogP contribution in [0.3, 0.4) is 0 Å². The van der Waals surface area contributed by atoms with Gasteiger partial charge in [0.25, 0.3) is 5.91 Å². The second kappa shape index (κ2) is 3.63. The second-order valence-electron chi connectivity index (χ2n) is 4.05. The summed E-state index contributed by atoms with van der Waals surface area (Å²) < 4.78 is 0. The van der Waals surface area contributed by atoms with Gasteiger partial charge in [-0.25, -0.2) is 0 Å². The van der Waals surface area contributed by atoms with Crippen LogP contribution in [-0.4, -0.2) is 13.0 Å². The zero-order valence-corrected chi connectivity index (χ0v) is 9.47. The van der Waals surface area contributed by atoms with Crippen LogP contribution < -0.4 is 10.2 Å². The highest BCUT2D eigenvalue weighted by molar-refractivity contribution is 6.12. The van der Waals surface area contributed by atoms with Gasteiger partial charge in [0.1, 0.15) is 0 Å². The van der Waals surface area contributed by atoms with Crippen molar-refractivity contribution in [2.24, 2.45) is 0 Å². The van der Waals surface area contributed by atoms with Crippen molar-refractivity contribution in [3.05, 3.63) is 54.1 Å². The molecule has 0 atom stereocenters. The maximum Gasteiger partial charge on any atom is 0.257 e. The Balaban J connectivity index is 2.26. The van der Waals surface area contributed by atoms with Crippen LogP contribution in [0.1, 0.15) is 10.4 Å². The van der Waals surface area contributed by atoms with Crippen molar-refractivity contribution in [3.8, 4) is 0 Å². The zero-order chi connectivity index (χ0) is 11.8. The summed E-state index contributed by atoms with van der Waals surface area (Å²) in [6, 6.07) is 15.4. The van der Waals surface area contributed by atoms with E-state index in [1.54, 1.807) is 0 Å². The van der Waals surface area contributed by atoms with Gasteiger partial charge in [-0.15, -0.1) is 0 Å². The number of fused-ring (bicyclic) bond motifs is 2. The summed E-state index contributed by atoms with van der Waals surface area (Å²) in [5, 5.41) is 2.93. The summed E-state index contributed by atoms with van der Waals surface area (Å²) in [5.41, 5.74) is 3.48. The molecule has 0 fully saturated rings. The first-order valence-electron chi connectivity index (χ1n) is 5.50. The summed E-state index contributed by atoms with van der Waals surface area (Å²) in [7, 11) is 1.97. The molecule has 3 nitrogen and oxygen atoms in total. The number of benzene rings is 2. The number of hydrogen-bond donors (Lipinski definition) is 1. The predicted molar refractivity (Wildman–Crippen MR) is 68.9 cm³/mol. The fraction of sp³-hybridized carbons (Fsp3) is 0.0714. The normalized spacial score (nSPS) is 13.5. The Morgan fingerprint density at radius 3 is 2.41 bits per heavy atom. The maximum atomic E-state index is 12.1. The largest absolute Gasteiger partial charge is 0.342 e. The van der Waals surface area contributed by atoms with Crippen LogP contribution >= 0.6 is 0 Å². The summed E-state index contributed by atoms with van der Waals surface area (Å²) in [6.45, 7) is 0. The number of amides is 1. The van der Waals surface area contributed by atoms with Gasteiger partial charge in [0.2, 0.25) is 0 Å². The van der Waals surface area contributed by atoms with Crippen LogP contribution in [0, 0.1) is 0 Å². The molecule has 84 valence electrons. The van der Waals surface area contributed by atoms with Crippen LogP contribution in [0.2, 0.25) is 0 Å². The van der Waals surface area contributed by atoms with Gasteiger partial charge in [0, 0.05) is 7.05 Å². The minimum absolute atomic E-state index is 0.0580. The molecule has 0 unspecified atom stereocenters. The van der Waals surface area contributed by atoms with Crippen LogP contribution in [0.4, 0.5) is 17.1 Å². The lowest BCUT2D eigenvalue weighted by Gasteiger charge is -2.20. The first-order valence-corrected chi connectivity index (χ1v) is 5.50. The quantitative estimate of drug-likeness (QED) is 0.746. The van der Waals surface area contributed by atoms with E-state index in [2.05, 4.69) is 5.32 Å². The van der Waals surface area contributed by atoms with E-state index in [1.165, 1.54) is 0 Å². The summed E-state index contributed by atoms with van der Waals surface area (Å²) >= 11 is 0. The van der Waals surface area contributed by atoms with Gasteiger partial charge >= 0.3 is 0 Å². The number of nitrogens with one attached hydrogen (secondary N) is 1. The Bertz CT molecular complexity index is 592. The summed E-state index contributed by atoms with van der Waals surface area (Å²) in [6.07, 6.45) is 0. The lowest BCUT2D eigenvalue weighted by molar-refractivity contribution is 0.102. The lowest BCUT2D eigenvalue weighted by atomic mass is 10.1. The summed E-state index contributed by atoms with van der Waals surface area (Å²) in [4.78, 5) is 14.1. The smallest absolute Gasteiger partial charge is 0.257 e. The molecule has 1 aliphatic rings. The van der Waals surface area contributed by atoms with Gasteiger partial charge in [-0.1, -0.05) is 24.3 Å². The van der Waals surface area contributed by atoms with E-state index < -0.39 is 0 Å². The average Bonchev–Trinajstić information content (AvgIpc) is 2.48. The van der Waals surface area contributed by atoms with Crippen molar-refractivity contribution < 1.29 is 4.79 Å². The Kier molecular flexibility index (Phi) is 2.11. The van der Waals surface area contributed by atoms with Crippen LogP contribution in [0.25, 0.3) is 0 Å². The highest BCUT2D eigenvalue weighted by atomic mass is 16.1. The van der Waals surface area contributed by atoms with Crippen LogP contribution in [0.5, 0.6) is 0 Å². The molecule has 0 spiro atoms. The SMILES string of the molecule is CN1c2ccccc2NC(=O)c2ccccc21.